The maximum Gasteiger partial charge on any atom is 0.101 e. The molecule has 0 bridgehead atoms. The van der Waals surface area contributed by atoms with Crippen LogP contribution in [0.15, 0.2) is 24.3 Å². The van der Waals surface area contributed by atoms with Crippen LogP contribution in [0.3, 0.4) is 0 Å². The van der Waals surface area contributed by atoms with Crippen molar-refractivity contribution in [3.63, 3.8) is 0 Å². The normalized spacial score (nSPS) is 14.9. The topological polar surface area (TPSA) is 26.0 Å². The van der Waals surface area contributed by atoms with Crippen LogP contribution >= 0.6 is 0 Å². The Kier molecular flexibility index (Phi) is 4.76. The van der Waals surface area contributed by atoms with Crippen molar-refractivity contribution in [2.24, 2.45) is 5.73 Å². The minimum atomic E-state index is -0.773. The van der Waals surface area contributed by atoms with E-state index in [1.807, 2.05) is 12.1 Å². The average molecular weight is 209 g/mol. The number of hydrogen-bond donors (Lipinski definition) is 1. The molecule has 0 heterocycles. The highest BCUT2D eigenvalue weighted by molar-refractivity contribution is 5.26. The van der Waals surface area contributed by atoms with Gasteiger partial charge in [0, 0.05) is 6.42 Å². The fourth-order valence-corrected chi connectivity index (χ4v) is 1.77. The molecule has 0 fully saturated rings. The SMILES string of the molecule is CC(F)Cc1cccc(C(C)CCN)c1. The van der Waals surface area contributed by atoms with Crippen LogP contribution in [-0.4, -0.2) is 12.7 Å². The fourth-order valence-electron chi connectivity index (χ4n) is 1.77. The zero-order chi connectivity index (χ0) is 11.3. The number of hydrogen-bond acceptors (Lipinski definition) is 1. The summed E-state index contributed by atoms with van der Waals surface area (Å²) in [5.74, 6) is 0.463. The van der Waals surface area contributed by atoms with Crippen molar-refractivity contribution in [1.82, 2.24) is 0 Å². The second-order valence-corrected chi connectivity index (χ2v) is 4.21. The van der Waals surface area contributed by atoms with Gasteiger partial charge in [-0.3, -0.25) is 0 Å². The van der Waals surface area contributed by atoms with Crippen LogP contribution in [-0.2, 0) is 6.42 Å². The Morgan fingerprint density at radius 3 is 2.67 bits per heavy atom. The Balaban J connectivity index is 2.73. The molecular formula is C13H20FN. The lowest BCUT2D eigenvalue weighted by molar-refractivity contribution is 0.360. The zero-order valence-electron chi connectivity index (χ0n) is 9.54. The van der Waals surface area contributed by atoms with E-state index < -0.39 is 6.17 Å². The molecule has 1 aromatic rings. The quantitative estimate of drug-likeness (QED) is 0.792. The summed E-state index contributed by atoms with van der Waals surface area (Å²) in [6, 6.07) is 8.16. The van der Waals surface area contributed by atoms with E-state index >= 15 is 0 Å². The summed E-state index contributed by atoms with van der Waals surface area (Å²) >= 11 is 0. The Bertz CT molecular complexity index is 296. The number of halogens is 1. The maximum absolute atomic E-state index is 12.8. The molecule has 1 nitrogen and oxygen atoms in total. The van der Waals surface area contributed by atoms with Gasteiger partial charge in [-0.2, -0.15) is 0 Å². The summed E-state index contributed by atoms with van der Waals surface area (Å²) in [7, 11) is 0. The molecule has 0 saturated heterocycles. The molecule has 2 heteroatoms. The van der Waals surface area contributed by atoms with Crippen LogP contribution in [0.1, 0.15) is 37.3 Å². The maximum atomic E-state index is 12.8. The van der Waals surface area contributed by atoms with E-state index in [-0.39, 0.29) is 0 Å². The van der Waals surface area contributed by atoms with Crippen LogP contribution in [0.2, 0.25) is 0 Å². The second kappa shape index (κ2) is 5.86. The summed E-state index contributed by atoms with van der Waals surface area (Å²) in [4.78, 5) is 0. The smallest absolute Gasteiger partial charge is 0.101 e. The molecule has 0 aliphatic heterocycles. The predicted octanol–water partition coefficient (Wildman–Crippen LogP) is 3.04. The molecule has 84 valence electrons. The first-order chi connectivity index (χ1) is 7.13. The molecule has 2 N–H and O–H groups in total. The molecular weight excluding hydrogens is 189 g/mol. The summed E-state index contributed by atoms with van der Waals surface area (Å²) in [6.07, 6.45) is 0.711. The number of nitrogens with two attached hydrogens (primary N) is 1. The number of alkyl halides is 1. The molecule has 0 radical (unpaired) electrons. The Morgan fingerprint density at radius 1 is 1.33 bits per heavy atom. The van der Waals surface area contributed by atoms with Crippen molar-refractivity contribution in [3.8, 4) is 0 Å². The highest BCUT2D eigenvalue weighted by Crippen LogP contribution is 2.20. The van der Waals surface area contributed by atoms with Crippen LogP contribution in [0.25, 0.3) is 0 Å². The van der Waals surface area contributed by atoms with Crippen LogP contribution in [0, 0.1) is 0 Å². The van der Waals surface area contributed by atoms with Crippen LogP contribution in [0.4, 0.5) is 4.39 Å². The largest absolute Gasteiger partial charge is 0.330 e. The first-order valence-electron chi connectivity index (χ1n) is 5.56. The monoisotopic (exact) mass is 209 g/mol. The van der Waals surface area contributed by atoms with E-state index in [1.165, 1.54) is 5.56 Å². The third-order valence-electron chi connectivity index (χ3n) is 2.64. The van der Waals surface area contributed by atoms with Gasteiger partial charge in [0.1, 0.15) is 6.17 Å². The molecule has 1 aromatic carbocycles. The van der Waals surface area contributed by atoms with E-state index in [2.05, 4.69) is 19.1 Å². The molecule has 0 spiro atoms. The van der Waals surface area contributed by atoms with E-state index in [4.69, 9.17) is 5.73 Å². The highest BCUT2D eigenvalue weighted by Gasteiger charge is 2.06. The lowest BCUT2D eigenvalue weighted by Gasteiger charge is -2.12. The lowest BCUT2D eigenvalue weighted by atomic mass is 9.95. The van der Waals surface area contributed by atoms with Crippen molar-refractivity contribution in [1.29, 1.82) is 0 Å². The van der Waals surface area contributed by atoms with Crippen molar-refractivity contribution in [2.45, 2.75) is 38.8 Å². The van der Waals surface area contributed by atoms with Gasteiger partial charge in [0.15, 0.2) is 0 Å². The van der Waals surface area contributed by atoms with Crippen LogP contribution < -0.4 is 5.73 Å². The molecule has 0 aliphatic carbocycles. The van der Waals surface area contributed by atoms with Gasteiger partial charge in [0.05, 0.1) is 0 Å². The molecule has 0 amide bonds. The van der Waals surface area contributed by atoms with Gasteiger partial charge in [-0.25, -0.2) is 4.39 Å². The number of benzene rings is 1. The van der Waals surface area contributed by atoms with E-state index in [9.17, 15) is 4.39 Å². The molecule has 2 atom stereocenters. The summed E-state index contributed by atoms with van der Waals surface area (Å²) in [5, 5.41) is 0. The van der Waals surface area contributed by atoms with Gasteiger partial charge < -0.3 is 5.73 Å². The summed E-state index contributed by atoms with van der Waals surface area (Å²) < 4.78 is 12.8. The molecule has 1 rings (SSSR count). The van der Waals surface area contributed by atoms with Crippen molar-refractivity contribution in [3.05, 3.63) is 35.4 Å². The minimum Gasteiger partial charge on any atom is -0.330 e. The Labute approximate surface area is 91.5 Å². The van der Waals surface area contributed by atoms with E-state index in [0.29, 0.717) is 18.9 Å². The standard InChI is InChI=1S/C13H20FN/c1-10(6-7-15)13-5-3-4-12(9-13)8-11(2)14/h3-5,9-11H,6-8,15H2,1-2H3. The molecule has 0 aromatic heterocycles. The van der Waals surface area contributed by atoms with Gasteiger partial charge in [0.25, 0.3) is 0 Å². The summed E-state index contributed by atoms with van der Waals surface area (Å²) in [6.45, 7) is 4.45. The predicted molar refractivity (Wildman–Crippen MR) is 62.8 cm³/mol. The molecule has 0 saturated carbocycles. The van der Waals surface area contributed by atoms with E-state index in [1.54, 1.807) is 6.92 Å². The van der Waals surface area contributed by atoms with Gasteiger partial charge in [-0.1, -0.05) is 31.2 Å². The van der Waals surface area contributed by atoms with Gasteiger partial charge >= 0.3 is 0 Å². The lowest BCUT2D eigenvalue weighted by Crippen LogP contribution is -2.05. The molecule has 2 unspecified atom stereocenters. The second-order valence-electron chi connectivity index (χ2n) is 4.21. The molecule has 0 aliphatic rings. The fraction of sp³-hybridized carbons (Fsp3) is 0.538. The van der Waals surface area contributed by atoms with Crippen molar-refractivity contribution >= 4 is 0 Å². The Morgan fingerprint density at radius 2 is 2.07 bits per heavy atom. The highest BCUT2D eigenvalue weighted by atomic mass is 19.1. The Hall–Kier alpha value is -0.890. The summed E-state index contributed by atoms with van der Waals surface area (Å²) in [5.41, 5.74) is 7.86. The third-order valence-corrected chi connectivity index (χ3v) is 2.64. The van der Waals surface area contributed by atoms with E-state index in [0.717, 1.165) is 12.0 Å². The minimum absolute atomic E-state index is 0.463. The van der Waals surface area contributed by atoms with Crippen LogP contribution in [0.5, 0.6) is 0 Å². The van der Waals surface area contributed by atoms with Gasteiger partial charge in [-0.15, -0.1) is 0 Å². The first-order valence-corrected chi connectivity index (χ1v) is 5.56. The third kappa shape index (κ3) is 4.00. The average Bonchev–Trinajstić information content (AvgIpc) is 2.17. The molecule has 15 heavy (non-hydrogen) atoms. The zero-order valence-corrected chi connectivity index (χ0v) is 9.54. The van der Waals surface area contributed by atoms with Gasteiger partial charge in [0.2, 0.25) is 0 Å². The first kappa shape index (κ1) is 12.2. The van der Waals surface area contributed by atoms with Gasteiger partial charge in [-0.05, 0) is 36.9 Å². The van der Waals surface area contributed by atoms with Crippen molar-refractivity contribution < 1.29 is 4.39 Å². The number of rotatable bonds is 5. The van der Waals surface area contributed by atoms with Crippen molar-refractivity contribution in [2.75, 3.05) is 6.54 Å².